The van der Waals surface area contributed by atoms with Crippen molar-refractivity contribution in [1.29, 1.82) is 0 Å². The van der Waals surface area contributed by atoms with Gasteiger partial charge in [-0.1, -0.05) is 50.6 Å². The first kappa shape index (κ1) is 18.7. The smallest absolute Gasteiger partial charge is 0.342 e. The van der Waals surface area contributed by atoms with Crippen LogP contribution in [0.4, 0.5) is 0 Å². The van der Waals surface area contributed by atoms with E-state index in [4.69, 9.17) is 11.6 Å². The highest BCUT2D eigenvalue weighted by Crippen LogP contribution is 2.62. The molecular formula is C24H27ClN3O+. The number of rotatable bonds is 3. The molecule has 5 heteroatoms. The monoisotopic (exact) mass is 408 g/mol. The summed E-state index contributed by atoms with van der Waals surface area (Å²) in [6.45, 7) is 6.96. The predicted molar refractivity (Wildman–Crippen MR) is 115 cm³/mol. The Morgan fingerprint density at radius 2 is 2.03 bits per heavy atom. The number of fused-ring (bicyclic) bond motifs is 3. The van der Waals surface area contributed by atoms with Crippen LogP contribution in [0.3, 0.4) is 0 Å². The molecule has 0 radical (unpaired) electrons. The Kier molecular flexibility index (Phi) is 4.08. The van der Waals surface area contributed by atoms with E-state index in [1.165, 1.54) is 19.3 Å². The van der Waals surface area contributed by atoms with Crippen molar-refractivity contribution in [2.45, 2.75) is 46.1 Å². The van der Waals surface area contributed by atoms with Gasteiger partial charge in [0.15, 0.2) is 11.2 Å². The van der Waals surface area contributed by atoms with Crippen molar-refractivity contribution < 1.29 is 9.20 Å². The molecule has 2 bridgehead atoms. The highest BCUT2D eigenvalue weighted by atomic mass is 35.5. The number of aromatic amines is 1. The fourth-order valence-electron chi connectivity index (χ4n) is 5.98. The number of hydrogen-bond acceptors (Lipinski definition) is 1. The summed E-state index contributed by atoms with van der Waals surface area (Å²) in [7, 11) is 0. The second kappa shape index (κ2) is 6.33. The van der Waals surface area contributed by atoms with E-state index in [0.29, 0.717) is 16.8 Å². The molecule has 0 saturated heterocycles. The summed E-state index contributed by atoms with van der Waals surface area (Å²) in [5.74, 6) is 1.19. The van der Waals surface area contributed by atoms with Gasteiger partial charge in [0, 0.05) is 16.6 Å². The summed E-state index contributed by atoms with van der Waals surface area (Å²) in [6, 6.07) is 13.8. The Balaban J connectivity index is 1.55. The molecule has 5 rings (SSSR count). The summed E-state index contributed by atoms with van der Waals surface area (Å²) >= 11 is 6.21. The molecule has 2 heterocycles. The summed E-state index contributed by atoms with van der Waals surface area (Å²) < 4.78 is 1.94. The maximum Gasteiger partial charge on any atom is 0.351 e. The average molecular weight is 409 g/mol. The highest BCUT2D eigenvalue weighted by molar-refractivity contribution is 6.30. The van der Waals surface area contributed by atoms with Crippen LogP contribution in [-0.2, 0) is 0 Å². The van der Waals surface area contributed by atoms with Crippen molar-refractivity contribution in [1.82, 2.24) is 10.3 Å². The molecule has 1 aromatic carbocycles. The number of amides is 1. The second-order valence-corrected chi connectivity index (χ2v) is 10.1. The normalized spacial score (nSPS) is 27.4. The van der Waals surface area contributed by atoms with Gasteiger partial charge in [0.1, 0.15) is 0 Å². The van der Waals surface area contributed by atoms with Crippen molar-refractivity contribution in [3.05, 3.63) is 59.5 Å². The molecular weight excluding hydrogens is 382 g/mol. The second-order valence-electron chi connectivity index (χ2n) is 9.64. The summed E-state index contributed by atoms with van der Waals surface area (Å²) in [5.41, 5.74) is 3.13. The van der Waals surface area contributed by atoms with Gasteiger partial charge < -0.3 is 5.32 Å². The topological polar surface area (TPSA) is 49.0 Å². The highest BCUT2D eigenvalue weighted by Gasteiger charge is 2.60. The lowest BCUT2D eigenvalue weighted by atomic mass is 9.68. The number of imidazole rings is 1. The molecule has 0 unspecified atom stereocenters. The van der Waals surface area contributed by atoms with E-state index in [9.17, 15) is 4.79 Å². The zero-order valence-corrected chi connectivity index (χ0v) is 17.9. The van der Waals surface area contributed by atoms with Gasteiger partial charge in [0.25, 0.3) is 0 Å². The third kappa shape index (κ3) is 2.80. The first-order valence-electron chi connectivity index (χ1n) is 10.4. The van der Waals surface area contributed by atoms with Crippen LogP contribution in [0.2, 0.25) is 5.02 Å². The molecule has 2 saturated carbocycles. The van der Waals surface area contributed by atoms with E-state index in [-0.39, 0.29) is 22.8 Å². The minimum Gasteiger partial charge on any atom is -0.342 e. The molecule has 2 fully saturated rings. The lowest BCUT2D eigenvalue weighted by molar-refractivity contribution is -0.514. The Hall–Kier alpha value is -2.33. The number of hydrogen-bond donors (Lipinski definition) is 2. The van der Waals surface area contributed by atoms with Gasteiger partial charge in [-0.3, -0.25) is 4.79 Å². The van der Waals surface area contributed by atoms with Crippen molar-refractivity contribution >= 4 is 23.0 Å². The quantitative estimate of drug-likeness (QED) is 0.587. The van der Waals surface area contributed by atoms with Crippen LogP contribution < -0.4 is 9.72 Å². The number of nitrogens with one attached hydrogen (secondary N) is 2. The largest absolute Gasteiger partial charge is 0.351 e. The lowest BCUT2D eigenvalue weighted by Gasteiger charge is -2.42. The van der Waals surface area contributed by atoms with Crippen LogP contribution in [0.1, 0.15) is 50.7 Å². The Labute approximate surface area is 176 Å². The number of aromatic nitrogens is 2. The first-order valence-corrected chi connectivity index (χ1v) is 10.8. The molecule has 150 valence electrons. The van der Waals surface area contributed by atoms with E-state index in [1.54, 1.807) is 0 Å². The molecule has 3 aromatic rings. The van der Waals surface area contributed by atoms with Gasteiger partial charge in [-0.15, -0.1) is 0 Å². The molecule has 2 N–H and O–H groups in total. The van der Waals surface area contributed by atoms with Crippen molar-refractivity contribution in [2.24, 2.45) is 16.7 Å². The Morgan fingerprint density at radius 3 is 2.76 bits per heavy atom. The van der Waals surface area contributed by atoms with Crippen molar-refractivity contribution in [3.8, 4) is 11.3 Å². The molecule has 0 aliphatic heterocycles. The van der Waals surface area contributed by atoms with E-state index >= 15 is 0 Å². The minimum absolute atomic E-state index is 0.0497. The molecule has 4 nitrogen and oxygen atoms in total. The SMILES string of the molecule is CC1(C)[C@@H]2CC[C@@](C)(C2)[C@H]1NC(=O)c1[nH]c(-c2cccc(Cl)c2)c2cccc[n+]12. The zero-order chi connectivity index (χ0) is 20.4. The van der Waals surface area contributed by atoms with Gasteiger partial charge in [-0.05, 0) is 60.3 Å². The molecule has 29 heavy (non-hydrogen) atoms. The van der Waals surface area contributed by atoms with Gasteiger partial charge in [-0.2, -0.15) is 4.40 Å². The van der Waals surface area contributed by atoms with E-state index in [1.807, 2.05) is 53.1 Å². The number of benzene rings is 1. The third-order valence-electron chi connectivity index (χ3n) is 7.47. The predicted octanol–water partition coefficient (Wildman–Crippen LogP) is 5.02. The van der Waals surface area contributed by atoms with Crippen LogP contribution in [0.5, 0.6) is 0 Å². The van der Waals surface area contributed by atoms with Crippen molar-refractivity contribution in [2.75, 3.05) is 0 Å². The van der Waals surface area contributed by atoms with Crippen LogP contribution >= 0.6 is 11.6 Å². The number of pyridine rings is 1. The molecule has 2 aromatic heterocycles. The van der Waals surface area contributed by atoms with Gasteiger partial charge >= 0.3 is 11.7 Å². The number of carbonyl (C=O) groups excluding carboxylic acids is 1. The van der Waals surface area contributed by atoms with Crippen molar-refractivity contribution in [3.63, 3.8) is 0 Å². The molecule has 3 atom stereocenters. The summed E-state index contributed by atoms with van der Waals surface area (Å²) in [6.07, 6.45) is 5.60. The van der Waals surface area contributed by atoms with Gasteiger partial charge in [0.2, 0.25) is 0 Å². The Morgan fingerprint density at radius 1 is 1.21 bits per heavy atom. The van der Waals surface area contributed by atoms with E-state index in [2.05, 4.69) is 31.1 Å². The fraction of sp³-hybridized carbons (Fsp3) is 0.417. The molecule has 0 spiro atoms. The summed E-state index contributed by atoms with van der Waals surface area (Å²) in [4.78, 5) is 16.8. The minimum atomic E-state index is -0.0497. The van der Waals surface area contributed by atoms with Crippen LogP contribution in [-0.4, -0.2) is 16.9 Å². The zero-order valence-electron chi connectivity index (χ0n) is 17.1. The number of halogens is 1. The Bertz CT molecular complexity index is 1110. The molecule has 1 amide bonds. The van der Waals surface area contributed by atoms with Gasteiger partial charge in [-0.25, -0.2) is 4.98 Å². The maximum absolute atomic E-state index is 13.4. The van der Waals surface area contributed by atoms with Crippen LogP contribution in [0.25, 0.3) is 16.8 Å². The number of nitrogens with zero attached hydrogens (tertiary/aromatic N) is 1. The third-order valence-corrected chi connectivity index (χ3v) is 7.71. The number of carbonyl (C=O) groups is 1. The maximum atomic E-state index is 13.4. The molecule has 2 aliphatic rings. The number of H-pyrrole nitrogens is 1. The standard InChI is InChI=1S/C24H26ClN3O/c1-23(2)16-10-11-24(3,14-16)22(23)27-21(29)20-26-19(15-7-6-8-17(25)13-15)18-9-4-5-12-28(18)20/h4-9,12-13,16,22H,10-11,14H2,1-3H3,(H,27,29)/p+1/t16-,22+,24+/m1/s1. The molecule has 2 aliphatic carbocycles. The average Bonchev–Trinajstić information content (AvgIpc) is 3.32. The van der Waals surface area contributed by atoms with Gasteiger partial charge in [0.05, 0.1) is 6.20 Å². The van der Waals surface area contributed by atoms with E-state index < -0.39 is 0 Å². The van der Waals surface area contributed by atoms with Crippen LogP contribution in [0.15, 0.2) is 48.7 Å². The van der Waals surface area contributed by atoms with E-state index in [0.717, 1.165) is 16.8 Å². The van der Waals surface area contributed by atoms with Crippen LogP contribution in [0, 0.1) is 16.7 Å². The summed E-state index contributed by atoms with van der Waals surface area (Å²) in [5, 5.41) is 4.08. The lowest BCUT2D eigenvalue weighted by Crippen LogP contribution is -2.53. The fourth-order valence-corrected chi connectivity index (χ4v) is 6.17. The first-order chi connectivity index (χ1) is 13.8.